The predicted octanol–water partition coefficient (Wildman–Crippen LogP) is 2.98. The number of benzene rings is 1. The van der Waals surface area contributed by atoms with Crippen LogP contribution in [0.2, 0.25) is 5.02 Å². The summed E-state index contributed by atoms with van der Waals surface area (Å²) in [7, 11) is 0. The van der Waals surface area contributed by atoms with Gasteiger partial charge in [-0.05, 0) is 37.1 Å². The molecule has 2 N–H and O–H groups in total. The first-order valence-electron chi connectivity index (χ1n) is 6.91. The average Bonchev–Trinajstić information content (AvgIpc) is 2.98. The van der Waals surface area contributed by atoms with Crippen molar-refractivity contribution in [3.8, 4) is 11.3 Å². The van der Waals surface area contributed by atoms with Gasteiger partial charge in [0, 0.05) is 35.8 Å². The molecule has 0 saturated carbocycles. The molecule has 1 saturated heterocycles. The van der Waals surface area contributed by atoms with E-state index in [4.69, 9.17) is 21.9 Å². The molecule has 0 aliphatic carbocycles. The van der Waals surface area contributed by atoms with Crippen molar-refractivity contribution in [1.29, 1.82) is 0 Å². The standard InChI is InChI=1S/C15H16ClN3O2.ClH/c16-11-3-1-10(2-4-11)14-9-13(18-21-14)15(20)19-7-5-12(17)6-8-19;/h1-4,9,12H,5-8,17H2;1H. The number of rotatable bonds is 2. The molecule has 22 heavy (non-hydrogen) atoms. The average molecular weight is 342 g/mol. The van der Waals surface area contributed by atoms with Crippen LogP contribution in [-0.4, -0.2) is 35.1 Å². The minimum atomic E-state index is -0.106. The van der Waals surface area contributed by atoms with E-state index in [9.17, 15) is 4.79 Å². The van der Waals surface area contributed by atoms with Crippen LogP contribution in [0.4, 0.5) is 0 Å². The molecule has 1 amide bonds. The second kappa shape index (κ2) is 7.13. The van der Waals surface area contributed by atoms with Crippen molar-refractivity contribution in [1.82, 2.24) is 10.1 Å². The van der Waals surface area contributed by atoms with Gasteiger partial charge in [0.25, 0.3) is 5.91 Å². The maximum Gasteiger partial charge on any atom is 0.276 e. The smallest absolute Gasteiger partial charge is 0.276 e. The summed E-state index contributed by atoms with van der Waals surface area (Å²) >= 11 is 5.85. The number of nitrogens with two attached hydrogens (primary N) is 1. The van der Waals surface area contributed by atoms with E-state index in [1.807, 2.05) is 12.1 Å². The van der Waals surface area contributed by atoms with Crippen LogP contribution >= 0.6 is 24.0 Å². The van der Waals surface area contributed by atoms with Crippen molar-refractivity contribution in [3.05, 3.63) is 41.0 Å². The molecule has 1 aromatic carbocycles. The van der Waals surface area contributed by atoms with Crippen LogP contribution in [-0.2, 0) is 0 Å². The maximum atomic E-state index is 12.3. The highest BCUT2D eigenvalue weighted by Gasteiger charge is 2.24. The van der Waals surface area contributed by atoms with Gasteiger partial charge in [-0.3, -0.25) is 4.79 Å². The molecular weight excluding hydrogens is 325 g/mol. The fourth-order valence-corrected chi connectivity index (χ4v) is 2.52. The van der Waals surface area contributed by atoms with Crippen LogP contribution in [0.5, 0.6) is 0 Å². The summed E-state index contributed by atoms with van der Waals surface area (Å²) in [6, 6.07) is 9.06. The molecule has 0 atom stereocenters. The molecule has 5 nitrogen and oxygen atoms in total. The summed E-state index contributed by atoms with van der Waals surface area (Å²) in [5.74, 6) is 0.453. The molecular formula is C15H17Cl2N3O2. The van der Waals surface area contributed by atoms with Crippen molar-refractivity contribution in [3.63, 3.8) is 0 Å². The van der Waals surface area contributed by atoms with E-state index in [1.165, 1.54) is 0 Å². The Kier molecular flexibility index (Phi) is 5.45. The second-order valence-corrected chi connectivity index (χ2v) is 5.65. The van der Waals surface area contributed by atoms with Gasteiger partial charge in [-0.15, -0.1) is 12.4 Å². The van der Waals surface area contributed by atoms with Crippen molar-refractivity contribution in [2.45, 2.75) is 18.9 Å². The summed E-state index contributed by atoms with van der Waals surface area (Å²) in [4.78, 5) is 14.1. The fraction of sp³-hybridized carbons (Fsp3) is 0.333. The minimum absolute atomic E-state index is 0. The van der Waals surface area contributed by atoms with Crippen molar-refractivity contribution < 1.29 is 9.32 Å². The first-order valence-corrected chi connectivity index (χ1v) is 7.29. The lowest BCUT2D eigenvalue weighted by atomic mass is 10.1. The summed E-state index contributed by atoms with van der Waals surface area (Å²) < 4.78 is 5.26. The topological polar surface area (TPSA) is 72.4 Å². The van der Waals surface area contributed by atoms with Crippen LogP contribution in [0.1, 0.15) is 23.3 Å². The first-order chi connectivity index (χ1) is 10.1. The number of amides is 1. The van der Waals surface area contributed by atoms with E-state index < -0.39 is 0 Å². The van der Waals surface area contributed by atoms with E-state index >= 15 is 0 Å². The van der Waals surface area contributed by atoms with Crippen molar-refractivity contribution >= 4 is 29.9 Å². The number of halogens is 2. The Bertz CT molecular complexity index is 634. The summed E-state index contributed by atoms with van der Waals surface area (Å²) in [6.07, 6.45) is 1.65. The maximum absolute atomic E-state index is 12.3. The number of carbonyl (C=O) groups is 1. The predicted molar refractivity (Wildman–Crippen MR) is 87.3 cm³/mol. The number of hydrogen-bond acceptors (Lipinski definition) is 4. The number of carbonyl (C=O) groups excluding carboxylic acids is 1. The molecule has 0 unspecified atom stereocenters. The van der Waals surface area contributed by atoms with Gasteiger partial charge in [0.15, 0.2) is 11.5 Å². The lowest BCUT2D eigenvalue weighted by molar-refractivity contribution is 0.0704. The quantitative estimate of drug-likeness (QED) is 0.911. The highest BCUT2D eigenvalue weighted by Crippen LogP contribution is 2.23. The van der Waals surface area contributed by atoms with Gasteiger partial charge >= 0.3 is 0 Å². The zero-order valence-corrected chi connectivity index (χ0v) is 13.4. The SMILES string of the molecule is Cl.NC1CCN(C(=O)c2cc(-c3ccc(Cl)cc3)on2)CC1. The van der Waals surface area contributed by atoms with Gasteiger partial charge in [-0.1, -0.05) is 16.8 Å². The van der Waals surface area contributed by atoms with Crippen molar-refractivity contribution in [2.75, 3.05) is 13.1 Å². The van der Waals surface area contributed by atoms with Gasteiger partial charge in [0.1, 0.15) is 0 Å². The molecule has 118 valence electrons. The Balaban J connectivity index is 0.00000176. The Morgan fingerprint density at radius 2 is 1.91 bits per heavy atom. The molecule has 1 fully saturated rings. The van der Waals surface area contributed by atoms with Crippen molar-refractivity contribution in [2.24, 2.45) is 5.73 Å². The largest absolute Gasteiger partial charge is 0.355 e. The number of aromatic nitrogens is 1. The Morgan fingerprint density at radius 3 is 2.55 bits per heavy atom. The molecule has 7 heteroatoms. The number of piperidine rings is 1. The number of hydrogen-bond donors (Lipinski definition) is 1. The van der Waals surface area contributed by atoms with E-state index in [1.54, 1.807) is 23.1 Å². The lowest BCUT2D eigenvalue weighted by Gasteiger charge is -2.29. The Morgan fingerprint density at radius 1 is 1.27 bits per heavy atom. The van der Waals surface area contributed by atoms with E-state index in [-0.39, 0.29) is 24.4 Å². The van der Waals surface area contributed by atoms with Crippen LogP contribution in [0.15, 0.2) is 34.9 Å². The molecule has 1 aliphatic rings. The molecule has 0 radical (unpaired) electrons. The molecule has 2 aromatic rings. The molecule has 0 bridgehead atoms. The third kappa shape index (κ3) is 3.61. The zero-order valence-electron chi connectivity index (χ0n) is 11.9. The van der Waals surface area contributed by atoms with Crippen LogP contribution in [0.3, 0.4) is 0 Å². The monoisotopic (exact) mass is 341 g/mol. The van der Waals surface area contributed by atoms with Crippen LogP contribution in [0, 0.1) is 0 Å². The molecule has 1 aliphatic heterocycles. The molecule has 3 rings (SSSR count). The normalized spacial score (nSPS) is 15.5. The molecule has 0 spiro atoms. The lowest BCUT2D eigenvalue weighted by Crippen LogP contribution is -2.42. The zero-order chi connectivity index (χ0) is 14.8. The summed E-state index contributed by atoms with van der Waals surface area (Å²) in [5.41, 5.74) is 7.01. The van der Waals surface area contributed by atoms with Gasteiger partial charge in [-0.25, -0.2) is 0 Å². The third-order valence-corrected chi connectivity index (χ3v) is 3.94. The highest BCUT2D eigenvalue weighted by molar-refractivity contribution is 6.30. The number of likely N-dealkylation sites (tertiary alicyclic amines) is 1. The Labute approximate surface area is 139 Å². The third-order valence-electron chi connectivity index (χ3n) is 3.68. The Hall–Kier alpha value is -1.56. The summed E-state index contributed by atoms with van der Waals surface area (Å²) in [5, 5.41) is 4.53. The minimum Gasteiger partial charge on any atom is -0.355 e. The van der Waals surface area contributed by atoms with E-state index in [2.05, 4.69) is 5.16 Å². The van der Waals surface area contributed by atoms with Crippen LogP contribution < -0.4 is 5.73 Å². The van der Waals surface area contributed by atoms with Crippen LogP contribution in [0.25, 0.3) is 11.3 Å². The van der Waals surface area contributed by atoms with Gasteiger partial charge in [0.2, 0.25) is 0 Å². The second-order valence-electron chi connectivity index (χ2n) is 5.21. The highest BCUT2D eigenvalue weighted by atomic mass is 35.5. The molecule has 1 aromatic heterocycles. The summed E-state index contributed by atoms with van der Waals surface area (Å²) in [6.45, 7) is 1.34. The number of nitrogens with zero attached hydrogens (tertiary/aromatic N) is 2. The van der Waals surface area contributed by atoms with Gasteiger partial charge in [-0.2, -0.15) is 0 Å². The van der Waals surface area contributed by atoms with E-state index in [0.29, 0.717) is 29.6 Å². The molecule has 2 heterocycles. The van der Waals surface area contributed by atoms with E-state index in [0.717, 1.165) is 18.4 Å². The van der Waals surface area contributed by atoms with Gasteiger partial charge in [0.05, 0.1) is 0 Å². The first kappa shape index (κ1) is 16.8. The van der Waals surface area contributed by atoms with Gasteiger partial charge < -0.3 is 15.2 Å². The fourth-order valence-electron chi connectivity index (χ4n) is 2.39.